The third kappa shape index (κ3) is 4.37. The molecule has 0 aliphatic carbocycles. The van der Waals surface area contributed by atoms with E-state index in [4.69, 9.17) is 0 Å². The number of benzene rings is 8. The van der Waals surface area contributed by atoms with E-state index >= 15 is 0 Å². The predicted octanol–water partition coefficient (Wildman–Crippen LogP) is 14.5. The van der Waals surface area contributed by atoms with Gasteiger partial charge in [0.05, 0.1) is 0 Å². The molecule has 3 heteroatoms. The van der Waals surface area contributed by atoms with Crippen molar-refractivity contribution in [2.24, 2.45) is 0 Å². The molecule has 0 aliphatic rings. The second-order valence-corrected chi connectivity index (χ2v) is 17.2. The summed E-state index contributed by atoms with van der Waals surface area (Å²) in [5.41, 5.74) is 8.06. The summed E-state index contributed by atoms with van der Waals surface area (Å²) in [7, 11) is 0. The Hall–Kier alpha value is -5.28. The molecule has 0 spiro atoms. The SMILES string of the molecule is c1csc(-c2c3ccccc3c(-c3cccc4c3[se]c3cccc(-c5c6ccccc6c(-c6cccs6)c6ccccc56)c34)c3ccccc23)c1. The first-order valence-corrected chi connectivity index (χ1v) is 20.7. The second kappa shape index (κ2) is 11.6. The molecule has 0 atom stereocenters. The van der Waals surface area contributed by atoms with Crippen molar-refractivity contribution >= 4 is 99.6 Å². The number of hydrogen-bond donors (Lipinski definition) is 0. The number of thiophene rings is 2. The Balaban J connectivity index is 1.25. The molecule has 0 bridgehead atoms. The molecule has 0 radical (unpaired) electrons. The van der Waals surface area contributed by atoms with Crippen LogP contribution in [-0.4, -0.2) is 14.5 Å². The standard InChI is InChI=1S/C48H28S2Se/c1-5-17-33-29(13-1)43(30-14-2-6-18-34(30)45(33)40-24-11-27-49-40)37-21-10-26-42-47(37)39-23-9-22-38(48(39)51-42)44-31-15-3-7-19-35(31)46(41-25-12-28-50-41)36-20-8-4-16-32(36)44/h1-28H. The van der Waals surface area contributed by atoms with Gasteiger partial charge < -0.3 is 0 Å². The van der Waals surface area contributed by atoms with Crippen LogP contribution in [0.25, 0.3) is 106 Å². The van der Waals surface area contributed by atoms with E-state index in [1.54, 1.807) is 0 Å². The molecule has 0 nitrogen and oxygen atoms in total. The van der Waals surface area contributed by atoms with E-state index in [2.05, 4.69) is 168 Å². The average Bonchev–Trinajstić information content (AvgIpc) is 3.98. The molecule has 51 heavy (non-hydrogen) atoms. The van der Waals surface area contributed by atoms with E-state index in [0.29, 0.717) is 0 Å². The van der Waals surface area contributed by atoms with Gasteiger partial charge in [0.2, 0.25) is 0 Å². The molecule has 0 saturated carbocycles. The molecular weight excluding hydrogens is 720 g/mol. The minimum atomic E-state index is 0.147. The quantitative estimate of drug-likeness (QED) is 0.124. The van der Waals surface area contributed by atoms with Crippen LogP contribution in [0.4, 0.5) is 0 Å². The van der Waals surface area contributed by atoms with Crippen molar-refractivity contribution in [2.75, 3.05) is 0 Å². The topological polar surface area (TPSA) is 0 Å². The monoisotopic (exact) mass is 748 g/mol. The summed E-state index contributed by atoms with van der Waals surface area (Å²) in [6.45, 7) is 0. The molecule has 0 amide bonds. The minimum absolute atomic E-state index is 0.147. The molecule has 11 aromatic rings. The van der Waals surface area contributed by atoms with Crippen molar-refractivity contribution in [3.8, 4) is 43.1 Å². The van der Waals surface area contributed by atoms with Crippen molar-refractivity contribution in [1.82, 2.24) is 0 Å². The van der Waals surface area contributed by atoms with Gasteiger partial charge in [0.25, 0.3) is 0 Å². The molecule has 0 unspecified atom stereocenters. The van der Waals surface area contributed by atoms with E-state index in [9.17, 15) is 0 Å². The molecule has 0 saturated heterocycles. The van der Waals surface area contributed by atoms with Crippen molar-refractivity contribution in [1.29, 1.82) is 0 Å². The fraction of sp³-hybridized carbons (Fsp3) is 0. The van der Waals surface area contributed by atoms with E-state index in [-0.39, 0.29) is 14.5 Å². The van der Waals surface area contributed by atoms with Gasteiger partial charge in [0, 0.05) is 0 Å². The molecule has 238 valence electrons. The van der Waals surface area contributed by atoms with Crippen LogP contribution >= 0.6 is 22.7 Å². The van der Waals surface area contributed by atoms with Gasteiger partial charge >= 0.3 is 311 Å². The van der Waals surface area contributed by atoms with Crippen LogP contribution in [0, 0.1) is 0 Å². The van der Waals surface area contributed by atoms with E-state index in [0.717, 1.165) is 0 Å². The summed E-state index contributed by atoms with van der Waals surface area (Å²) in [6.07, 6.45) is 0. The average molecular weight is 748 g/mol. The molecular formula is C48H28S2Se. The Morgan fingerprint density at radius 3 is 1.16 bits per heavy atom. The van der Waals surface area contributed by atoms with Gasteiger partial charge in [0.15, 0.2) is 0 Å². The van der Waals surface area contributed by atoms with Gasteiger partial charge in [-0.1, -0.05) is 0 Å². The Bertz CT molecular complexity index is 3010. The normalized spacial score (nSPS) is 11.9. The van der Waals surface area contributed by atoms with Crippen LogP contribution in [0.2, 0.25) is 0 Å². The predicted molar refractivity (Wildman–Crippen MR) is 226 cm³/mol. The van der Waals surface area contributed by atoms with Gasteiger partial charge in [-0.25, -0.2) is 0 Å². The van der Waals surface area contributed by atoms with Crippen molar-refractivity contribution < 1.29 is 0 Å². The van der Waals surface area contributed by atoms with Crippen LogP contribution < -0.4 is 0 Å². The van der Waals surface area contributed by atoms with Gasteiger partial charge in [-0.2, -0.15) is 0 Å². The first kappa shape index (κ1) is 29.4. The first-order chi connectivity index (χ1) is 25.3. The molecule has 3 heterocycles. The molecule has 8 aromatic carbocycles. The fourth-order valence-corrected chi connectivity index (χ4v) is 12.7. The molecule has 0 N–H and O–H groups in total. The van der Waals surface area contributed by atoms with Crippen LogP contribution in [0.1, 0.15) is 0 Å². The number of fused-ring (bicyclic) bond motifs is 7. The Morgan fingerprint density at radius 2 is 0.706 bits per heavy atom. The second-order valence-electron chi connectivity index (χ2n) is 13.1. The van der Waals surface area contributed by atoms with E-state index in [1.165, 1.54) is 106 Å². The summed E-state index contributed by atoms with van der Waals surface area (Å²) >= 11 is 3.79. The van der Waals surface area contributed by atoms with Crippen molar-refractivity contribution in [2.45, 2.75) is 0 Å². The van der Waals surface area contributed by atoms with Gasteiger partial charge in [0.1, 0.15) is 0 Å². The summed E-state index contributed by atoms with van der Waals surface area (Å²) in [5.74, 6) is 0. The third-order valence-electron chi connectivity index (χ3n) is 10.5. The van der Waals surface area contributed by atoms with Crippen LogP contribution in [-0.2, 0) is 0 Å². The van der Waals surface area contributed by atoms with E-state index < -0.39 is 0 Å². The zero-order chi connectivity index (χ0) is 33.5. The van der Waals surface area contributed by atoms with Gasteiger partial charge in [-0.15, -0.1) is 0 Å². The maximum atomic E-state index is 2.38. The Kier molecular flexibility index (Phi) is 6.72. The molecule has 11 rings (SSSR count). The summed E-state index contributed by atoms with van der Waals surface area (Å²) in [6, 6.07) is 59.1. The van der Waals surface area contributed by atoms with Crippen LogP contribution in [0.5, 0.6) is 0 Å². The zero-order valence-electron chi connectivity index (χ0n) is 27.4. The zero-order valence-corrected chi connectivity index (χ0v) is 30.7. The number of hydrogen-bond acceptors (Lipinski definition) is 2. The summed E-state index contributed by atoms with van der Waals surface area (Å²) < 4.78 is 2.94. The first-order valence-electron chi connectivity index (χ1n) is 17.2. The molecule has 0 fully saturated rings. The summed E-state index contributed by atoms with van der Waals surface area (Å²) in [4.78, 5) is 2.63. The third-order valence-corrected chi connectivity index (χ3v) is 14.8. The Labute approximate surface area is 309 Å². The van der Waals surface area contributed by atoms with Crippen LogP contribution in [0.15, 0.2) is 168 Å². The van der Waals surface area contributed by atoms with Gasteiger partial charge in [-0.05, 0) is 0 Å². The fourth-order valence-electron chi connectivity index (χ4n) is 8.46. The van der Waals surface area contributed by atoms with Gasteiger partial charge in [-0.3, -0.25) is 0 Å². The Morgan fingerprint density at radius 1 is 0.314 bits per heavy atom. The molecule has 3 aromatic heterocycles. The van der Waals surface area contributed by atoms with Crippen molar-refractivity contribution in [3.63, 3.8) is 0 Å². The molecule has 0 aliphatic heterocycles. The summed E-state index contributed by atoms with van der Waals surface area (Å²) in [5, 5.41) is 17.7. The van der Waals surface area contributed by atoms with Crippen LogP contribution in [0.3, 0.4) is 0 Å². The maximum absolute atomic E-state index is 2.38. The number of rotatable bonds is 4. The van der Waals surface area contributed by atoms with Crippen molar-refractivity contribution in [3.05, 3.63) is 168 Å². The van der Waals surface area contributed by atoms with E-state index in [1.807, 2.05) is 22.7 Å².